The molecule has 32 heavy (non-hydrogen) atoms. The van der Waals surface area contributed by atoms with E-state index in [0.29, 0.717) is 43.6 Å². The van der Waals surface area contributed by atoms with Crippen molar-refractivity contribution in [3.8, 4) is 11.5 Å². The van der Waals surface area contributed by atoms with E-state index in [1.807, 2.05) is 43.0 Å². The summed E-state index contributed by atoms with van der Waals surface area (Å²) in [5.41, 5.74) is 3.11. The first kappa shape index (κ1) is 25.8. The number of nitrogens with zero attached hydrogens (tertiary/aromatic N) is 2. The number of rotatable bonds is 9. The molecule has 0 radical (unpaired) electrons. The normalized spacial score (nSPS) is 13.5. The Morgan fingerprint density at radius 1 is 1.12 bits per heavy atom. The van der Waals surface area contributed by atoms with Crippen LogP contribution in [-0.4, -0.2) is 43.6 Å². The van der Waals surface area contributed by atoms with Gasteiger partial charge in [-0.2, -0.15) is 0 Å². The van der Waals surface area contributed by atoms with Crippen molar-refractivity contribution in [2.24, 2.45) is 4.99 Å². The third kappa shape index (κ3) is 7.29. The standard InChI is InChI=1S/C24H32N4O3.HI/c1-4-25-24(27-20-11-12-21(30-3)22(15-20)31-5-2)26-16-18-8-6-9-19(14-18)17-28-13-7-10-23(28)29;/h6,8-9,11-12,14-15H,4-5,7,10,13,16-17H2,1-3H3,(H2,25,26,27);1H. The van der Waals surface area contributed by atoms with Crippen LogP contribution in [0.5, 0.6) is 11.5 Å². The van der Waals surface area contributed by atoms with Gasteiger partial charge in [0.2, 0.25) is 5.91 Å². The molecule has 1 aliphatic rings. The molecule has 0 aromatic heterocycles. The number of methoxy groups -OCH3 is 1. The molecule has 0 atom stereocenters. The Balaban J connectivity index is 0.00000363. The fourth-order valence-corrected chi connectivity index (χ4v) is 3.55. The molecule has 2 aromatic carbocycles. The zero-order chi connectivity index (χ0) is 22.1. The summed E-state index contributed by atoms with van der Waals surface area (Å²) in [6, 6.07) is 14.0. The average Bonchev–Trinajstić information content (AvgIpc) is 3.17. The summed E-state index contributed by atoms with van der Waals surface area (Å²) in [6.45, 7) is 7.34. The number of benzene rings is 2. The first-order chi connectivity index (χ1) is 15.1. The summed E-state index contributed by atoms with van der Waals surface area (Å²) in [6.07, 6.45) is 1.62. The van der Waals surface area contributed by atoms with E-state index in [4.69, 9.17) is 14.5 Å². The van der Waals surface area contributed by atoms with Gasteiger partial charge < -0.3 is 25.0 Å². The van der Waals surface area contributed by atoms with Crippen molar-refractivity contribution >= 4 is 41.5 Å². The van der Waals surface area contributed by atoms with Crippen molar-refractivity contribution in [1.82, 2.24) is 10.2 Å². The van der Waals surface area contributed by atoms with Gasteiger partial charge in [0.15, 0.2) is 17.5 Å². The molecule has 0 spiro atoms. The van der Waals surface area contributed by atoms with Crippen molar-refractivity contribution < 1.29 is 14.3 Å². The lowest BCUT2D eigenvalue weighted by molar-refractivity contribution is -0.128. The smallest absolute Gasteiger partial charge is 0.222 e. The predicted molar refractivity (Wildman–Crippen MR) is 139 cm³/mol. The second kappa shape index (κ2) is 13.1. The van der Waals surface area contributed by atoms with Gasteiger partial charge in [0.1, 0.15) is 0 Å². The lowest BCUT2D eigenvalue weighted by atomic mass is 10.1. The quantitative estimate of drug-likeness (QED) is 0.274. The highest BCUT2D eigenvalue weighted by Gasteiger charge is 2.19. The maximum Gasteiger partial charge on any atom is 0.222 e. The minimum atomic E-state index is 0. The van der Waals surface area contributed by atoms with Crippen LogP contribution < -0.4 is 20.1 Å². The van der Waals surface area contributed by atoms with Crippen molar-refractivity contribution in [3.05, 3.63) is 53.6 Å². The number of halogens is 1. The molecule has 174 valence electrons. The van der Waals surface area contributed by atoms with Crippen LogP contribution >= 0.6 is 24.0 Å². The summed E-state index contributed by atoms with van der Waals surface area (Å²) in [7, 11) is 1.63. The zero-order valence-corrected chi connectivity index (χ0v) is 21.3. The maximum absolute atomic E-state index is 11.9. The minimum Gasteiger partial charge on any atom is -0.493 e. The molecular formula is C24H33IN4O3. The second-order valence-electron chi connectivity index (χ2n) is 7.36. The van der Waals surface area contributed by atoms with E-state index in [2.05, 4.69) is 28.8 Å². The third-order valence-electron chi connectivity index (χ3n) is 5.03. The van der Waals surface area contributed by atoms with Crippen LogP contribution in [0.2, 0.25) is 0 Å². The molecule has 0 aliphatic carbocycles. The van der Waals surface area contributed by atoms with Crippen LogP contribution in [0.1, 0.15) is 37.8 Å². The molecule has 1 saturated heterocycles. The van der Waals surface area contributed by atoms with Crippen LogP contribution in [0, 0.1) is 0 Å². The Morgan fingerprint density at radius 3 is 2.62 bits per heavy atom. The summed E-state index contributed by atoms with van der Waals surface area (Å²) >= 11 is 0. The highest BCUT2D eigenvalue weighted by molar-refractivity contribution is 14.0. The molecule has 1 amide bonds. The van der Waals surface area contributed by atoms with Gasteiger partial charge >= 0.3 is 0 Å². The van der Waals surface area contributed by atoms with Crippen LogP contribution in [0.4, 0.5) is 5.69 Å². The Morgan fingerprint density at radius 2 is 1.94 bits per heavy atom. The van der Waals surface area contributed by atoms with E-state index >= 15 is 0 Å². The number of amides is 1. The minimum absolute atomic E-state index is 0. The first-order valence-electron chi connectivity index (χ1n) is 10.8. The van der Waals surface area contributed by atoms with Gasteiger partial charge in [-0.15, -0.1) is 24.0 Å². The maximum atomic E-state index is 11.9. The van der Waals surface area contributed by atoms with Gasteiger partial charge in [0.25, 0.3) is 0 Å². The summed E-state index contributed by atoms with van der Waals surface area (Å²) in [4.78, 5) is 18.6. The number of carbonyl (C=O) groups is 1. The van der Waals surface area contributed by atoms with Crippen LogP contribution in [-0.2, 0) is 17.9 Å². The fourth-order valence-electron chi connectivity index (χ4n) is 3.55. The topological polar surface area (TPSA) is 75.2 Å². The molecule has 1 heterocycles. The highest BCUT2D eigenvalue weighted by atomic mass is 127. The summed E-state index contributed by atoms with van der Waals surface area (Å²) in [5.74, 6) is 2.32. The molecule has 7 nitrogen and oxygen atoms in total. The molecule has 2 aromatic rings. The van der Waals surface area contributed by atoms with Gasteiger partial charge in [0.05, 0.1) is 20.3 Å². The summed E-state index contributed by atoms with van der Waals surface area (Å²) < 4.78 is 11.0. The van der Waals surface area contributed by atoms with Crippen LogP contribution in [0.3, 0.4) is 0 Å². The van der Waals surface area contributed by atoms with Crippen molar-refractivity contribution in [2.75, 3.05) is 32.1 Å². The first-order valence-corrected chi connectivity index (χ1v) is 10.8. The van der Waals surface area contributed by atoms with E-state index in [0.717, 1.165) is 36.3 Å². The zero-order valence-electron chi connectivity index (χ0n) is 19.0. The Labute approximate surface area is 207 Å². The van der Waals surface area contributed by atoms with E-state index in [1.165, 1.54) is 0 Å². The molecule has 2 N–H and O–H groups in total. The number of carbonyl (C=O) groups excluding carboxylic acids is 1. The van der Waals surface area contributed by atoms with Crippen LogP contribution in [0.15, 0.2) is 47.5 Å². The molecule has 0 bridgehead atoms. The van der Waals surface area contributed by atoms with Crippen molar-refractivity contribution in [1.29, 1.82) is 0 Å². The number of hydrogen-bond donors (Lipinski definition) is 2. The lowest BCUT2D eigenvalue weighted by Gasteiger charge is -2.16. The number of likely N-dealkylation sites (tertiary alicyclic amines) is 1. The van der Waals surface area contributed by atoms with Gasteiger partial charge in [-0.3, -0.25) is 4.79 Å². The Kier molecular flexibility index (Phi) is 10.6. The molecular weight excluding hydrogens is 519 g/mol. The highest BCUT2D eigenvalue weighted by Crippen LogP contribution is 2.30. The van der Waals surface area contributed by atoms with Gasteiger partial charge in [-0.25, -0.2) is 4.99 Å². The van der Waals surface area contributed by atoms with E-state index in [9.17, 15) is 4.79 Å². The van der Waals surface area contributed by atoms with Gasteiger partial charge in [-0.05, 0) is 43.5 Å². The number of hydrogen-bond acceptors (Lipinski definition) is 4. The van der Waals surface area contributed by atoms with Crippen molar-refractivity contribution in [3.63, 3.8) is 0 Å². The molecule has 1 fully saturated rings. The molecule has 8 heteroatoms. The van der Waals surface area contributed by atoms with Gasteiger partial charge in [-0.1, -0.05) is 24.3 Å². The largest absolute Gasteiger partial charge is 0.493 e. The number of ether oxygens (including phenoxy) is 2. The average molecular weight is 552 g/mol. The Hall–Kier alpha value is -2.49. The van der Waals surface area contributed by atoms with Crippen molar-refractivity contribution in [2.45, 2.75) is 39.8 Å². The molecule has 0 unspecified atom stereocenters. The number of anilines is 1. The number of nitrogens with one attached hydrogen (secondary N) is 2. The molecule has 3 rings (SSSR count). The number of guanidine groups is 1. The second-order valence-corrected chi connectivity index (χ2v) is 7.36. The fraction of sp³-hybridized carbons (Fsp3) is 0.417. The predicted octanol–water partition coefficient (Wildman–Crippen LogP) is 4.41. The van der Waals surface area contributed by atoms with E-state index in [-0.39, 0.29) is 29.9 Å². The van der Waals surface area contributed by atoms with Gasteiger partial charge in [0, 0.05) is 37.8 Å². The SMILES string of the molecule is CCNC(=NCc1cccc(CN2CCCC2=O)c1)Nc1ccc(OC)c(OCC)c1.I. The summed E-state index contributed by atoms with van der Waals surface area (Å²) in [5, 5.41) is 6.60. The molecule has 0 saturated carbocycles. The monoisotopic (exact) mass is 552 g/mol. The van der Waals surface area contributed by atoms with E-state index in [1.54, 1.807) is 7.11 Å². The Bertz CT molecular complexity index is 920. The lowest BCUT2D eigenvalue weighted by Crippen LogP contribution is -2.30. The van der Waals surface area contributed by atoms with E-state index < -0.39 is 0 Å². The third-order valence-corrected chi connectivity index (χ3v) is 5.03. The van der Waals surface area contributed by atoms with Crippen LogP contribution in [0.25, 0.3) is 0 Å². The number of aliphatic imine (C=N–C) groups is 1. The molecule has 1 aliphatic heterocycles.